The van der Waals surface area contributed by atoms with E-state index in [0.29, 0.717) is 43.5 Å². The minimum atomic E-state index is -3.50. The number of piperazine rings is 1. The number of benzene rings is 1. The molecule has 1 fully saturated rings. The summed E-state index contributed by atoms with van der Waals surface area (Å²) in [6.45, 7) is 8.37. The number of sulfonamides is 1. The van der Waals surface area contributed by atoms with E-state index in [9.17, 15) is 13.2 Å². The van der Waals surface area contributed by atoms with Crippen LogP contribution in [0.5, 0.6) is 0 Å². The second kappa shape index (κ2) is 8.67. The lowest BCUT2D eigenvalue weighted by atomic mass is 9.99. The second-order valence-electron chi connectivity index (χ2n) is 6.50. The van der Waals surface area contributed by atoms with Crippen LogP contribution < -0.4 is 5.32 Å². The molecule has 0 saturated carbocycles. The fraction of sp³-hybridized carbons (Fsp3) is 0.611. The van der Waals surface area contributed by atoms with E-state index < -0.39 is 10.0 Å². The van der Waals surface area contributed by atoms with Crippen LogP contribution in [-0.2, 0) is 10.0 Å². The highest BCUT2D eigenvalue weighted by Gasteiger charge is 2.30. The first-order chi connectivity index (χ1) is 11.9. The number of carbonyl (C=O) groups excluding carboxylic acids is 1. The summed E-state index contributed by atoms with van der Waals surface area (Å²) in [7, 11) is -3.50. The van der Waals surface area contributed by atoms with Crippen LogP contribution in [0.3, 0.4) is 0 Å². The van der Waals surface area contributed by atoms with Crippen LogP contribution in [0.2, 0.25) is 0 Å². The first-order valence-corrected chi connectivity index (χ1v) is 10.5. The van der Waals surface area contributed by atoms with Crippen molar-refractivity contribution in [1.29, 1.82) is 0 Å². The highest BCUT2D eigenvalue weighted by Crippen LogP contribution is 2.23. The first kappa shape index (κ1) is 19.7. The van der Waals surface area contributed by atoms with Gasteiger partial charge >= 0.3 is 6.03 Å². The Morgan fingerprint density at radius 1 is 1.12 bits per heavy atom. The SMILES string of the molecule is CCCNC(=O)N1CCN(S(=O)(=O)c2ccc([C@H](C)CC)cc2)CC1. The minimum Gasteiger partial charge on any atom is -0.338 e. The summed E-state index contributed by atoms with van der Waals surface area (Å²) in [6, 6.07) is 7.07. The Hall–Kier alpha value is -1.60. The summed E-state index contributed by atoms with van der Waals surface area (Å²) in [5.74, 6) is 0.418. The van der Waals surface area contributed by atoms with Gasteiger partial charge in [0.25, 0.3) is 0 Å². The highest BCUT2D eigenvalue weighted by atomic mass is 32.2. The lowest BCUT2D eigenvalue weighted by molar-refractivity contribution is 0.172. The van der Waals surface area contributed by atoms with Crippen LogP contribution in [-0.4, -0.2) is 56.4 Å². The zero-order valence-corrected chi connectivity index (χ0v) is 16.2. The Bertz CT molecular complexity index is 665. The zero-order valence-electron chi connectivity index (χ0n) is 15.4. The molecule has 2 rings (SSSR count). The van der Waals surface area contributed by atoms with Gasteiger partial charge in [0.1, 0.15) is 0 Å². The van der Waals surface area contributed by atoms with Crippen molar-refractivity contribution in [2.45, 2.75) is 44.4 Å². The molecule has 1 aliphatic rings. The molecular weight excluding hydrogens is 338 g/mol. The van der Waals surface area contributed by atoms with Crippen molar-refractivity contribution < 1.29 is 13.2 Å². The van der Waals surface area contributed by atoms with E-state index in [0.717, 1.165) is 18.4 Å². The summed E-state index contributed by atoms with van der Waals surface area (Å²) in [6.07, 6.45) is 1.90. The molecular formula is C18H29N3O3S. The third-order valence-electron chi connectivity index (χ3n) is 4.75. The van der Waals surface area contributed by atoms with Gasteiger partial charge in [0, 0.05) is 32.7 Å². The number of carbonyl (C=O) groups is 1. The van der Waals surface area contributed by atoms with Gasteiger partial charge in [0.2, 0.25) is 10.0 Å². The molecule has 7 heteroatoms. The Kier molecular flexibility index (Phi) is 6.84. The molecule has 0 unspecified atom stereocenters. The van der Waals surface area contributed by atoms with Crippen LogP contribution in [0, 0.1) is 0 Å². The Morgan fingerprint density at radius 3 is 2.24 bits per heavy atom. The third kappa shape index (κ3) is 4.73. The normalized spacial score (nSPS) is 17.3. The number of hydrogen-bond acceptors (Lipinski definition) is 3. The van der Waals surface area contributed by atoms with Gasteiger partial charge in [-0.1, -0.05) is 32.9 Å². The van der Waals surface area contributed by atoms with Gasteiger partial charge in [-0.3, -0.25) is 0 Å². The molecule has 1 atom stereocenters. The summed E-state index contributed by atoms with van der Waals surface area (Å²) in [5.41, 5.74) is 1.15. The van der Waals surface area contributed by atoms with E-state index in [1.807, 2.05) is 19.1 Å². The summed E-state index contributed by atoms with van der Waals surface area (Å²) >= 11 is 0. The van der Waals surface area contributed by atoms with E-state index in [-0.39, 0.29) is 6.03 Å². The Labute approximate surface area is 151 Å². The van der Waals surface area contributed by atoms with Crippen LogP contribution in [0.15, 0.2) is 29.2 Å². The maximum absolute atomic E-state index is 12.8. The van der Waals surface area contributed by atoms with Gasteiger partial charge in [-0.25, -0.2) is 13.2 Å². The zero-order chi connectivity index (χ0) is 18.4. The van der Waals surface area contributed by atoms with Crippen LogP contribution in [0.1, 0.15) is 45.1 Å². The predicted molar refractivity (Wildman–Crippen MR) is 99.2 cm³/mol. The number of nitrogens with zero attached hydrogens (tertiary/aromatic N) is 2. The van der Waals surface area contributed by atoms with E-state index >= 15 is 0 Å². The van der Waals surface area contributed by atoms with E-state index in [1.165, 1.54) is 4.31 Å². The fourth-order valence-corrected chi connectivity index (χ4v) is 4.25. The van der Waals surface area contributed by atoms with Crippen molar-refractivity contribution in [1.82, 2.24) is 14.5 Å². The molecule has 25 heavy (non-hydrogen) atoms. The molecule has 140 valence electrons. The quantitative estimate of drug-likeness (QED) is 0.840. The fourth-order valence-electron chi connectivity index (χ4n) is 2.83. The van der Waals surface area contributed by atoms with Gasteiger partial charge in [-0.05, 0) is 36.5 Å². The smallest absolute Gasteiger partial charge is 0.317 e. The van der Waals surface area contributed by atoms with E-state index in [1.54, 1.807) is 17.0 Å². The topological polar surface area (TPSA) is 69.7 Å². The van der Waals surface area contributed by atoms with E-state index in [2.05, 4.69) is 19.2 Å². The average Bonchev–Trinajstić information content (AvgIpc) is 2.65. The molecule has 6 nitrogen and oxygen atoms in total. The van der Waals surface area contributed by atoms with Gasteiger partial charge in [0.05, 0.1) is 4.90 Å². The van der Waals surface area contributed by atoms with Crippen LogP contribution >= 0.6 is 0 Å². The summed E-state index contributed by atoms with van der Waals surface area (Å²) in [4.78, 5) is 14.0. The Balaban J connectivity index is 2.00. The number of amides is 2. The number of hydrogen-bond donors (Lipinski definition) is 1. The molecule has 1 N–H and O–H groups in total. The van der Waals surface area contributed by atoms with Gasteiger partial charge in [-0.15, -0.1) is 0 Å². The van der Waals surface area contributed by atoms with Gasteiger partial charge < -0.3 is 10.2 Å². The standard InChI is InChI=1S/C18H29N3O3S/c1-4-10-19-18(22)20-11-13-21(14-12-20)25(23,24)17-8-6-16(7-9-17)15(3)5-2/h6-9,15H,4-5,10-14H2,1-3H3,(H,19,22)/t15-/m1/s1. The van der Waals surface area contributed by atoms with Gasteiger partial charge in [-0.2, -0.15) is 4.31 Å². The van der Waals surface area contributed by atoms with Crippen molar-refractivity contribution in [3.8, 4) is 0 Å². The largest absolute Gasteiger partial charge is 0.338 e. The maximum Gasteiger partial charge on any atom is 0.317 e. The van der Waals surface area contributed by atoms with Crippen molar-refractivity contribution in [2.24, 2.45) is 0 Å². The molecule has 0 radical (unpaired) electrons. The first-order valence-electron chi connectivity index (χ1n) is 9.03. The van der Waals surface area contributed by atoms with Crippen LogP contribution in [0.4, 0.5) is 4.79 Å². The highest BCUT2D eigenvalue weighted by molar-refractivity contribution is 7.89. The molecule has 1 saturated heterocycles. The lowest BCUT2D eigenvalue weighted by Gasteiger charge is -2.34. The molecule has 0 bridgehead atoms. The molecule has 1 aromatic carbocycles. The second-order valence-corrected chi connectivity index (χ2v) is 8.44. The number of rotatable bonds is 6. The summed E-state index contributed by atoms with van der Waals surface area (Å²) in [5, 5.41) is 2.83. The van der Waals surface area contributed by atoms with Crippen molar-refractivity contribution in [3.05, 3.63) is 29.8 Å². The molecule has 1 aromatic rings. The van der Waals surface area contributed by atoms with E-state index in [4.69, 9.17) is 0 Å². The molecule has 1 aliphatic heterocycles. The monoisotopic (exact) mass is 367 g/mol. The van der Waals surface area contributed by atoms with Crippen molar-refractivity contribution in [2.75, 3.05) is 32.7 Å². The molecule has 1 heterocycles. The maximum atomic E-state index is 12.8. The van der Waals surface area contributed by atoms with Crippen molar-refractivity contribution >= 4 is 16.1 Å². The number of nitrogens with one attached hydrogen (secondary N) is 1. The minimum absolute atomic E-state index is 0.114. The average molecular weight is 368 g/mol. The summed E-state index contributed by atoms with van der Waals surface area (Å²) < 4.78 is 27.1. The van der Waals surface area contributed by atoms with Crippen LogP contribution in [0.25, 0.3) is 0 Å². The molecule has 0 aromatic heterocycles. The molecule has 2 amide bonds. The molecule has 0 spiro atoms. The van der Waals surface area contributed by atoms with Crippen molar-refractivity contribution in [3.63, 3.8) is 0 Å². The Morgan fingerprint density at radius 2 is 1.72 bits per heavy atom. The predicted octanol–water partition coefficient (Wildman–Crippen LogP) is 2.63. The molecule has 0 aliphatic carbocycles. The lowest BCUT2D eigenvalue weighted by Crippen LogP contribution is -2.53. The third-order valence-corrected chi connectivity index (χ3v) is 6.66. The number of urea groups is 1. The van der Waals surface area contributed by atoms with Gasteiger partial charge in [0.15, 0.2) is 0 Å².